The summed E-state index contributed by atoms with van der Waals surface area (Å²) in [6.45, 7) is 4.24. The van der Waals surface area contributed by atoms with Gasteiger partial charge in [0.05, 0.1) is 17.0 Å². The summed E-state index contributed by atoms with van der Waals surface area (Å²) in [5.41, 5.74) is 4.58. The number of aryl methyl sites for hydroxylation is 3. The van der Waals surface area contributed by atoms with Crippen LogP contribution in [-0.4, -0.2) is 55.5 Å². The number of amides is 2. The zero-order chi connectivity index (χ0) is 24.2. The molecule has 0 bridgehead atoms. The third-order valence-corrected chi connectivity index (χ3v) is 6.20. The first kappa shape index (κ1) is 23.2. The molecule has 176 valence electrons. The number of fused-ring (bicyclic) bond motifs is 1. The maximum Gasteiger partial charge on any atom is 0.267 e. The lowest BCUT2D eigenvalue weighted by Crippen LogP contribution is -2.41. The smallest absolute Gasteiger partial charge is 0.267 e. The van der Waals surface area contributed by atoms with Crippen LogP contribution >= 0.6 is 0 Å². The van der Waals surface area contributed by atoms with Crippen LogP contribution in [0.1, 0.15) is 44.2 Å². The van der Waals surface area contributed by atoms with Crippen LogP contribution in [0.2, 0.25) is 0 Å². The Bertz CT molecular complexity index is 1310. The minimum absolute atomic E-state index is 0.113. The lowest BCUT2D eigenvalue weighted by Gasteiger charge is -2.29. The molecule has 0 aliphatic heterocycles. The maximum absolute atomic E-state index is 13.5. The summed E-state index contributed by atoms with van der Waals surface area (Å²) in [6, 6.07) is 15.5. The molecule has 2 amide bonds. The lowest BCUT2D eigenvalue weighted by atomic mass is 10.0. The van der Waals surface area contributed by atoms with Crippen molar-refractivity contribution < 1.29 is 9.59 Å². The van der Waals surface area contributed by atoms with Gasteiger partial charge < -0.3 is 14.8 Å². The maximum atomic E-state index is 13.5. The number of benzene rings is 1. The monoisotopic (exact) mass is 458 g/mol. The molecule has 8 heteroatoms. The second kappa shape index (κ2) is 9.91. The van der Waals surface area contributed by atoms with Crippen molar-refractivity contribution in [3.63, 3.8) is 0 Å². The topological polar surface area (TPSA) is 84.5 Å². The van der Waals surface area contributed by atoms with Gasteiger partial charge in [-0.25, -0.2) is 9.50 Å². The molecule has 1 aromatic carbocycles. The van der Waals surface area contributed by atoms with Crippen molar-refractivity contribution in [1.82, 2.24) is 29.4 Å². The minimum Gasteiger partial charge on any atom is -0.351 e. The van der Waals surface area contributed by atoms with Crippen molar-refractivity contribution in [3.05, 3.63) is 89.1 Å². The van der Waals surface area contributed by atoms with E-state index >= 15 is 0 Å². The Morgan fingerprint density at radius 3 is 2.59 bits per heavy atom. The second-order valence-electron chi connectivity index (χ2n) is 8.62. The zero-order valence-electron chi connectivity index (χ0n) is 20.0. The van der Waals surface area contributed by atoms with Crippen LogP contribution in [0.15, 0.2) is 60.9 Å². The van der Waals surface area contributed by atoms with Gasteiger partial charge in [-0.05, 0) is 44.4 Å². The summed E-state index contributed by atoms with van der Waals surface area (Å²) in [7, 11) is 3.65. The van der Waals surface area contributed by atoms with Gasteiger partial charge in [-0.3, -0.25) is 9.59 Å². The largest absolute Gasteiger partial charge is 0.351 e. The molecule has 8 nitrogen and oxygen atoms in total. The van der Waals surface area contributed by atoms with Gasteiger partial charge >= 0.3 is 0 Å². The van der Waals surface area contributed by atoms with Crippen LogP contribution < -0.4 is 5.32 Å². The Labute approximate surface area is 199 Å². The Morgan fingerprint density at radius 2 is 1.88 bits per heavy atom. The van der Waals surface area contributed by atoms with Crippen molar-refractivity contribution in [3.8, 4) is 0 Å². The van der Waals surface area contributed by atoms with Gasteiger partial charge in [0.2, 0.25) is 0 Å². The highest BCUT2D eigenvalue weighted by Crippen LogP contribution is 2.17. The zero-order valence-corrected chi connectivity index (χ0v) is 20.0. The Balaban J connectivity index is 1.52. The summed E-state index contributed by atoms with van der Waals surface area (Å²) in [5.74, 6) is -0.241. The summed E-state index contributed by atoms with van der Waals surface area (Å²) in [5, 5.41) is 7.45. The normalized spacial score (nSPS) is 12.0. The van der Waals surface area contributed by atoms with Crippen LogP contribution in [0.3, 0.4) is 0 Å². The average Bonchev–Trinajstić information content (AvgIpc) is 3.43. The Hall–Kier alpha value is -3.94. The molecule has 3 aromatic heterocycles. The molecule has 0 aliphatic carbocycles. The quantitative estimate of drug-likeness (QED) is 0.440. The first-order chi connectivity index (χ1) is 16.3. The highest BCUT2D eigenvalue weighted by atomic mass is 16.2. The van der Waals surface area contributed by atoms with Crippen LogP contribution in [0.25, 0.3) is 5.65 Å². The molecule has 34 heavy (non-hydrogen) atoms. The first-order valence-electron chi connectivity index (χ1n) is 11.4. The van der Waals surface area contributed by atoms with Crippen molar-refractivity contribution in [2.24, 2.45) is 7.05 Å². The van der Waals surface area contributed by atoms with Crippen LogP contribution in [0.5, 0.6) is 0 Å². The summed E-state index contributed by atoms with van der Waals surface area (Å²) in [6.07, 6.45) is 4.76. The summed E-state index contributed by atoms with van der Waals surface area (Å²) in [4.78, 5) is 32.2. The lowest BCUT2D eigenvalue weighted by molar-refractivity contribution is 0.0721. The molecule has 0 radical (unpaired) electrons. The Morgan fingerprint density at radius 1 is 1.12 bits per heavy atom. The number of hydrogen-bond acceptors (Lipinski definition) is 4. The van der Waals surface area contributed by atoms with E-state index in [1.165, 1.54) is 0 Å². The van der Waals surface area contributed by atoms with E-state index in [0.29, 0.717) is 30.6 Å². The summed E-state index contributed by atoms with van der Waals surface area (Å²) >= 11 is 0. The van der Waals surface area contributed by atoms with Crippen molar-refractivity contribution in [2.45, 2.75) is 32.7 Å². The molecule has 0 saturated heterocycles. The third-order valence-electron chi connectivity index (χ3n) is 6.20. The van der Waals surface area contributed by atoms with E-state index in [1.54, 1.807) is 26.2 Å². The number of aromatic nitrogens is 4. The fourth-order valence-electron chi connectivity index (χ4n) is 4.19. The van der Waals surface area contributed by atoms with Crippen LogP contribution in [0.4, 0.5) is 0 Å². The third kappa shape index (κ3) is 4.85. The second-order valence-corrected chi connectivity index (χ2v) is 8.62. The number of rotatable bonds is 8. The van der Waals surface area contributed by atoms with Gasteiger partial charge in [0, 0.05) is 45.1 Å². The van der Waals surface area contributed by atoms with E-state index < -0.39 is 0 Å². The number of nitrogens with one attached hydrogen (secondary N) is 1. The molecule has 0 spiro atoms. The number of hydrogen-bond donors (Lipinski definition) is 1. The standard InChI is InChI=1S/C26H30N6O2/c1-18-15-24-28-17-22(19(2)32(24)29-18)26(34)31(4)21(16-20-9-6-5-7-10-20)12-13-27-25(33)23-11-8-14-30(23)3/h5-11,14-15,17,21H,12-13,16H2,1-4H3,(H,27,33). The molecule has 1 N–H and O–H groups in total. The molecule has 4 rings (SSSR count). The summed E-state index contributed by atoms with van der Waals surface area (Å²) < 4.78 is 3.50. The molecular weight excluding hydrogens is 428 g/mol. The first-order valence-corrected chi connectivity index (χ1v) is 11.4. The van der Waals surface area contributed by atoms with Gasteiger partial charge in [0.25, 0.3) is 11.8 Å². The number of likely N-dealkylation sites (N-methyl/N-ethyl adjacent to an activating group) is 1. The fraction of sp³-hybridized carbons (Fsp3) is 0.308. The van der Waals surface area contributed by atoms with Crippen molar-refractivity contribution in [1.29, 1.82) is 0 Å². The molecule has 1 atom stereocenters. The van der Waals surface area contributed by atoms with Gasteiger partial charge in [0.1, 0.15) is 5.69 Å². The van der Waals surface area contributed by atoms with E-state index in [4.69, 9.17) is 0 Å². The van der Waals surface area contributed by atoms with Gasteiger partial charge in [-0.2, -0.15) is 5.10 Å². The fourth-order valence-corrected chi connectivity index (χ4v) is 4.19. The molecule has 0 fully saturated rings. The molecule has 3 heterocycles. The molecule has 0 saturated carbocycles. The molecule has 1 unspecified atom stereocenters. The highest BCUT2D eigenvalue weighted by molar-refractivity contribution is 5.95. The minimum atomic E-state index is -0.125. The SMILES string of the molecule is Cc1cc2ncc(C(=O)N(C)C(CCNC(=O)c3cccn3C)Cc3ccccc3)c(C)n2n1. The van der Waals surface area contributed by atoms with E-state index in [1.807, 2.05) is 64.5 Å². The number of carbonyl (C=O) groups excluding carboxylic acids is 2. The van der Waals surface area contributed by atoms with Crippen LogP contribution in [0, 0.1) is 13.8 Å². The van der Waals surface area contributed by atoms with E-state index in [-0.39, 0.29) is 17.9 Å². The van der Waals surface area contributed by atoms with Gasteiger partial charge in [-0.15, -0.1) is 0 Å². The number of carbonyl (C=O) groups is 2. The molecule has 4 aromatic rings. The van der Waals surface area contributed by atoms with E-state index in [9.17, 15) is 9.59 Å². The molecule has 0 aliphatic rings. The Kier molecular flexibility index (Phi) is 6.77. The predicted octanol–water partition coefficient (Wildman–Crippen LogP) is 3.19. The van der Waals surface area contributed by atoms with E-state index in [0.717, 1.165) is 22.6 Å². The van der Waals surface area contributed by atoms with Crippen molar-refractivity contribution in [2.75, 3.05) is 13.6 Å². The predicted molar refractivity (Wildman–Crippen MR) is 131 cm³/mol. The average molecular weight is 459 g/mol. The van der Waals surface area contributed by atoms with Gasteiger partial charge in [-0.1, -0.05) is 30.3 Å². The van der Waals surface area contributed by atoms with Crippen LogP contribution in [-0.2, 0) is 13.5 Å². The number of nitrogens with zero attached hydrogens (tertiary/aromatic N) is 5. The van der Waals surface area contributed by atoms with E-state index in [2.05, 4.69) is 27.5 Å². The molecular formula is C26H30N6O2. The van der Waals surface area contributed by atoms with Gasteiger partial charge in [0.15, 0.2) is 5.65 Å². The highest BCUT2D eigenvalue weighted by Gasteiger charge is 2.24. The van der Waals surface area contributed by atoms with Crippen molar-refractivity contribution >= 4 is 17.5 Å².